The van der Waals surface area contributed by atoms with E-state index in [0.29, 0.717) is 6.42 Å². The van der Waals surface area contributed by atoms with E-state index in [4.69, 9.17) is 11.6 Å². The van der Waals surface area contributed by atoms with E-state index in [0.717, 1.165) is 31.4 Å². The average Bonchev–Trinajstić information content (AvgIpc) is 3.18. The first-order valence-corrected chi connectivity index (χ1v) is 8.39. The minimum Gasteiger partial charge on any atom is -0.345 e. The van der Waals surface area contributed by atoms with Crippen LogP contribution in [-0.2, 0) is 10.3 Å². The van der Waals surface area contributed by atoms with E-state index in [-0.39, 0.29) is 22.9 Å². The Labute approximate surface area is 135 Å². The van der Waals surface area contributed by atoms with Crippen molar-refractivity contribution in [3.8, 4) is 0 Å². The molecule has 1 aromatic rings. The van der Waals surface area contributed by atoms with Crippen LogP contribution in [0.4, 0.5) is 0 Å². The minimum atomic E-state index is -0.274. The number of allylic oxidation sites excluding steroid dienone is 1. The lowest BCUT2D eigenvalue weighted by Gasteiger charge is -2.19. The summed E-state index contributed by atoms with van der Waals surface area (Å²) >= 11 is 6.18. The Balaban J connectivity index is 1.48. The molecule has 0 aromatic heterocycles. The van der Waals surface area contributed by atoms with Gasteiger partial charge < -0.3 is 5.32 Å². The summed E-state index contributed by atoms with van der Waals surface area (Å²) in [4.78, 5) is 17.2. The summed E-state index contributed by atoms with van der Waals surface area (Å²) in [5.74, 6) is 0.0512. The summed E-state index contributed by atoms with van der Waals surface area (Å²) in [6, 6.07) is 9.96. The molecule has 1 fully saturated rings. The standard InChI is InChI=1S/C18H19ClN2O/c19-14-6-7-15-12(10-14)11-16(20-15)17(22)21-18(8-9-18)13-4-2-1-3-5-13/h1-5,10,14,16H,6-9,11H2,(H,21,22). The fraction of sp³-hybridized carbons (Fsp3) is 0.444. The number of fused-ring (bicyclic) bond motifs is 1. The molecule has 3 aliphatic rings. The molecule has 22 heavy (non-hydrogen) atoms. The van der Waals surface area contributed by atoms with Crippen molar-refractivity contribution in [2.45, 2.75) is 49.1 Å². The van der Waals surface area contributed by atoms with E-state index in [9.17, 15) is 4.79 Å². The monoisotopic (exact) mass is 314 g/mol. The molecule has 0 spiro atoms. The van der Waals surface area contributed by atoms with Crippen LogP contribution in [0.1, 0.15) is 37.7 Å². The number of carbonyl (C=O) groups excluding carboxylic acids is 1. The SMILES string of the molecule is O=C(NC1(c2ccccc2)CC1)C1CC2=CC(Cl)CCC2=N1. The molecule has 0 radical (unpaired) electrons. The van der Waals surface area contributed by atoms with Gasteiger partial charge in [-0.2, -0.15) is 0 Å². The van der Waals surface area contributed by atoms with Crippen molar-refractivity contribution in [1.82, 2.24) is 5.32 Å². The van der Waals surface area contributed by atoms with Gasteiger partial charge in [-0.1, -0.05) is 36.4 Å². The van der Waals surface area contributed by atoms with Crippen molar-refractivity contribution in [3.05, 3.63) is 47.5 Å². The molecular formula is C18H19ClN2O. The maximum atomic E-state index is 12.6. The first-order valence-electron chi connectivity index (χ1n) is 7.96. The molecule has 3 nitrogen and oxygen atoms in total. The number of benzene rings is 1. The molecule has 0 bridgehead atoms. The van der Waals surface area contributed by atoms with Crippen LogP contribution in [0.15, 0.2) is 47.0 Å². The number of hydrogen-bond donors (Lipinski definition) is 1. The van der Waals surface area contributed by atoms with Crippen LogP contribution < -0.4 is 5.32 Å². The van der Waals surface area contributed by atoms with Crippen molar-refractivity contribution in [3.63, 3.8) is 0 Å². The molecule has 2 atom stereocenters. The second-order valence-electron chi connectivity index (χ2n) is 6.48. The second-order valence-corrected chi connectivity index (χ2v) is 7.04. The van der Waals surface area contributed by atoms with Crippen LogP contribution >= 0.6 is 11.6 Å². The molecular weight excluding hydrogens is 296 g/mol. The summed E-state index contributed by atoms with van der Waals surface area (Å²) in [6.07, 6.45) is 6.62. The lowest BCUT2D eigenvalue weighted by atomic mass is 9.95. The molecule has 1 N–H and O–H groups in total. The van der Waals surface area contributed by atoms with E-state index < -0.39 is 0 Å². The van der Waals surface area contributed by atoms with Gasteiger partial charge in [-0.3, -0.25) is 9.79 Å². The number of alkyl halides is 1. The third-order valence-corrected chi connectivity index (χ3v) is 5.22. The Kier molecular flexibility index (Phi) is 3.33. The van der Waals surface area contributed by atoms with Crippen LogP contribution in [0.25, 0.3) is 0 Å². The smallest absolute Gasteiger partial charge is 0.245 e. The largest absolute Gasteiger partial charge is 0.345 e. The van der Waals surface area contributed by atoms with Crippen LogP contribution in [0.2, 0.25) is 0 Å². The van der Waals surface area contributed by atoms with E-state index in [2.05, 4.69) is 28.5 Å². The fourth-order valence-electron chi connectivity index (χ4n) is 3.45. The van der Waals surface area contributed by atoms with Gasteiger partial charge in [-0.25, -0.2) is 0 Å². The zero-order valence-electron chi connectivity index (χ0n) is 12.4. The molecule has 2 unspecified atom stereocenters. The highest BCUT2D eigenvalue weighted by molar-refractivity contribution is 6.23. The molecule has 1 aromatic carbocycles. The Morgan fingerprint density at radius 1 is 1.27 bits per heavy atom. The van der Waals surface area contributed by atoms with Crippen molar-refractivity contribution in [1.29, 1.82) is 0 Å². The average molecular weight is 315 g/mol. The molecule has 1 amide bonds. The van der Waals surface area contributed by atoms with Gasteiger partial charge in [-0.05, 0) is 36.8 Å². The quantitative estimate of drug-likeness (QED) is 0.854. The molecule has 2 aliphatic carbocycles. The third kappa shape index (κ3) is 2.48. The zero-order valence-corrected chi connectivity index (χ0v) is 13.1. The van der Waals surface area contributed by atoms with Gasteiger partial charge in [0.05, 0.1) is 10.9 Å². The topological polar surface area (TPSA) is 41.5 Å². The number of amides is 1. The summed E-state index contributed by atoms with van der Waals surface area (Å²) < 4.78 is 0. The van der Waals surface area contributed by atoms with E-state index in [1.807, 2.05) is 18.2 Å². The summed E-state index contributed by atoms with van der Waals surface area (Å²) in [5, 5.41) is 3.33. The molecule has 0 saturated heterocycles. The lowest BCUT2D eigenvalue weighted by molar-refractivity contribution is -0.123. The maximum Gasteiger partial charge on any atom is 0.245 e. The highest BCUT2D eigenvalue weighted by Crippen LogP contribution is 2.45. The van der Waals surface area contributed by atoms with Crippen molar-refractivity contribution in [2.24, 2.45) is 4.99 Å². The van der Waals surface area contributed by atoms with Crippen molar-refractivity contribution in [2.75, 3.05) is 0 Å². The minimum absolute atomic E-state index is 0.0512. The molecule has 1 aliphatic heterocycles. The Morgan fingerprint density at radius 3 is 2.77 bits per heavy atom. The van der Waals surface area contributed by atoms with Crippen LogP contribution in [-0.4, -0.2) is 23.0 Å². The van der Waals surface area contributed by atoms with Gasteiger partial charge in [0.2, 0.25) is 5.91 Å². The van der Waals surface area contributed by atoms with Crippen LogP contribution in [0.5, 0.6) is 0 Å². The van der Waals surface area contributed by atoms with Gasteiger partial charge in [0, 0.05) is 12.1 Å². The van der Waals surface area contributed by atoms with Gasteiger partial charge in [0.15, 0.2) is 0 Å². The van der Waals surface area contributed by atoms with E-state index >= 15 is 0 Å². The van der Waals surface area contributed by atoms with E-state index in [1.54, 1.807) is 0 Å². The van der Waals surface area contributed by atoms with Crippen LogP contribution in [0, 0.1) is 0 Å². The van der Waals surface area contributed by atoms with Crippen LogP contribution in [0.3, 0.4) is 0 Å². The predicted octanol–water partition coefficient (Wildman–Crippen LogP) is 3.33. The highest BCUT2D eigenvalue weighted by Gasteiger charge is 2.47. The number of aliphatic imine (C=N–C) groups is 1. The molecule has 4 heteroatoms. The lowest BCUT2D eigenvalue weighted by Crippen LogP contribution is -2.40. The predicted molar refractivity (Wildman–Crippen MR) is 88.3 cm³/mol. The Hall–Kier alpha value is -1.61. The number of halogens is 1. The van der Waals surface area contributed by atoms with Crippen molar-refractivity contribution >= 4 is 23.2 Å². The summed E-state index contributed by atoms with van der Waals surface area (Å²) in [7, 11) is 0. The first kappa shape index (κ1) is 14.0. The second kappa shape index (κ2) is 5.24. The van der Waals surface area contributed by atoms with E-state index in [1.165, 1.54) is 11.1 Å². The fourth-order valence-corrected chi connectivity index (χ4v) is 3.71. The number of nitrogens with one attached hydrogen (secondary N) is 1. The summed E-state index contributed by atoms with van der Waals surface area (Å²) in [6.45, 7) is 0. The normalized spacial score (nSPS) is 28.4. The molecule has 1 heterocycles. The van der Waals surface area contributed by atoms with Gasteiger partial charge in [-0.15, -0.1) is 11.6 Å². The number of carbonyl (C=O) groups is 1. The van der Waals surface area contributed by atoms with Crippen molar-refractivity contribution < 1.29 is 4.79 Å². The van der Waals surface area contributed by atoms with Gasteiger partial charge >= 0.3 is 0 Å². The number of hydrogen-bond acceptors (Lipinski definition) is 2. The maximum absolute atomic E-state index is 12.6. The Bertz CT molecular complexity index is 661. The molecule has 4 rings (SSSR count). The molecule has 1 saturated carbocycles. The highest BCUT2D eigenvalue weighted by atomic mass is 35.5. The zero-order chi connectivity index (χ0) is 15.2. The van der Waals surface area contributed by atoms with Gasteiger partial charge in [0.1, 0.15) is 6.04 Å². The number of rotatable bonds is 3. The Morgan fingerprint density at radius 2 is 2.05 bits per heavy atom. The van der Waals surface area contributed by atoms with Gasteiger partial charge in [0.25, 0.3) is 0 Å². The number of nitrogens with zero attached hydrogens (tertiary/aromatic N) is 1. The molecule has 114 valence electrons. The summed E-state index contributed by atoms with van der Waals surface area (Å²) in [5.41, 5.74) is 3.31. The third-order valence-electron chi connectivity index (χ3n) is 4.88. The first-order chi connectivity index (χ1) is 10.7.